The Morgan fingerprint density at radius 2 is 1.94 bits per heavy atom. The molecule has 0 aromatic heterocycles. The van der Waals surface area contributed by atoms with Crippen LogP contribution in [-0.4, -0.2) is 35.2 Å². The van der Waals surface area contributed by atoms with Crippen LogP contribution in [0.25, 0.3) is 0 Å². The first-order chi connectivity index (χ1) is 7.64. The molecule has 1 atom stereocenters. The molecule has 1 saturated heterocycles. The fourth-order valence-corrected chi connectivity index (χ4v) is 1.92. The van der Waals surface area contributed by atoms with Crippen molar-refractivity contribution in [2.75, 3.05) is 19.6 Å². The topological polar surface area (TPSA) is 23.5 Å². The summed E-state index contributed by atoms with van der Waals surface area (Å²) in [6.45, 7) is 7.44. The third-order valence-corrected chi connectivity index (χ3v) is 3.27. The Labute approximate surface area is 100 Å². The van der Waals surface area contributed by atoms with Crippen LogP contribution in [-0.2, 0) is 0 Å². The molecule has 0 bridgehead atoms. The molecule has 16 heavy (non-hydrogen) atoms. The Morgan fingerprint density at radius 1 is 1.25 bits per heavy atom. The van der Waals surface area contributed by atoms with Gasteiger partial charge in [-0.2, -0.15) is 0 Å². The summed E-state index contributed by atoms with van der Waals surface area (Å²) in [7, 11) is 0. The van der Waals surface area contributed by atoms with E-state index >= 15 is 0 Å². The molecule has 1 unspecified atom stereocenters. The van der Waals surface area contributed by atoms with E-state index in [9.17, 15) is 5.11 Å². The maximum absolute atomic E-state index is 9.69. The van der Waals surface area contributed by atoms with Crippen molar-refractivity contribution in [1.82, 2.24) is 4.90 Å². The van der Waals surface area contributed by atoms with Gasteiger partial charge in [-0.25, -0.2) is 0 Å². The molecule has 0 spiro atoms. The zero-order valence-corrected chi connectivity index (χ0v) is 10.8. The van der Waals surface area contributed by atoms with Crippen LogP contribution in [0.1, 0.15) is 52.4 Å². The summed E-state index contributed by atoms with van der Waals surface area (Å²) in [4.78, 5) is 2.53. The van der Waals surface area contributed by atoms with Gasteiger partial charge in [-0.05, 0) is 52.2 Å². The van der Waals surface area contributed by atoms with Crippen molar-refractivity contribution in [3.8, 4) is 11.8 Å². The van der Waals surface area contributed by atoms with Crippen LogP contribution in [0.15, 0.2) is 0 Å². The summed E-state index contributed by atoms with van der Waals surface area (Å²) in [6, 6.07) is 0. The molecule has 0 amide bonds. The number of piperidine rings is 1. The Kier molecular flexibility index (Phi) is 5.87. The van der Waals surface area contributed by atoms with Crippen LogP contribution >= 0.6 is 0 Å². The molecular weight excluding hydrogens is 198 g/mol. The molecule has 0 radical (unpaired) electrons. The van der Waals surface area contributed by atoms with Crippen molar-refractivity contribution in [1.29, 1.82) is 0 Å². The van der Waals surface area contributed by atoms with Crippen LogP contribution in [0.5, 0.6) is 0 Å². The summed E-state index contributed by atoms with van der Waals surface area (Å²) in [5, 5.41) is 9.69. The second kappa shape index (κ2) is 6.93. The lowest BCUT2D eigenvalue weighted by Crippen LogP contribution is -2.30. The minimum atomic E-state index is -0.787. The van der Waals surface area contributed by atoms with Gasteiger partial charge >= 0.3 is 0 Å². The van der Waals surface area contributed by atoms with E-state index in [0.29, 0.717) is 6.42 Å². The molecule has 1 aliphatic rings. The number of hydrogen-bond acceptors (Lipinski definition) is 2. The average molecular weight is 223 g/mol. The first-order valence-corrected chi connectivity index (χ1v) is 6.59. The van der Waals surface area contributed by atoms with Crippen LogP contribution in [0.4, 0.5) is 0 Å². The second-order valence-electron chi connectivity index (χ2n) is 4.94. The van der Waals surface area contributed by atoms with E-state index in [2.05, 4.69) is 16.7 Å². The molecule has 2 heteroatoms. The molecule has 0 saturated carbocycles. The average Bonchev–Trinajstić information content (AvgIpc) is 2.30. The molecular formula is C14H25NO. The maximum atomic E-state index is 9.69. The molecule has 1 N–H and O–H groups in total. The third-order valence-electron chi connectivity index (χ3n) is 3.27. The minimum Gasteiger partial charge on any atom is -0.378 e. The summed E-state index contributed by atoms with van der Waals surface area (Å²) in [6.07, 6.45) is 6.85. The van der Waals surface area contributed by atoms with Crippen molar-refractivity contribution in [3.05, 3.63) is 0 Å². The molecule has 1 fully saturated rings. The SMILES string of the molecule is CCC(C)(O)C#CCCCN1CCCCC1. The molecule has 0 aromatic carbocycles. The van der Waals surface area contributed by atoms with E-state index in [-0.39, 0.29) is 0 Å². The van der Waals surface area contributed by atoms with Gasteiger partial charge in [-0.1, -0.05) is 19.3 Å². The quantitative estimate of drug-likeness (QED) is 0.584. The molecule has 1 aliphatic heterocycles. The summed E-state index contributed by atoms with van der Waals surface area (Å²) < 4.78 is 0. The largest absolute Gasteiger partial charge is 0.378 e. The number of nitrogens with zero attached hydrogens (tertiary/aromatic N) is 1. The van der Waals surface area contributed by atoms with E-state index in [4.69, 9.17) is 0 Å². The molecule has 1 heterocycles. The maximum Gasteiger partial charge on any atom is 0.122 e. The van der Waals surface area contributed by atoms with Crippen molar-refractivity contribution < 1.29 is 5.11 Å². The van der Waals surface area contributed by atoms with Crippen molar-refractivity contribution in [3.63, 3.8) is 0 Å². The smallest absolute Gasteiger partial charge is 0.122 e. The highest BCUT2D eigenvalue weighted by Gasteiger charge is 2.12. The number of likely N-dealkylation sites (tertiary alicyclic amines) is 1. The van der Waals surface area contributed by atoms with Crippen LogP contribution < -0.4 is 0 Å². The molecule has 2 nitrogen and oxygen atoms in total. The summed E-state index contributed by atoms with van der Waals surface area (Å²) in [5.74, 6) is 6.02. The van der Waals surface area contributed by atoms with E-state index in [0.717, 1.165) is 12.8 Å². The lowest BCUT2D eigenvalue weighted by atomic mass is 10.0. The van der Waals surface area contributed by atoms with Crippen LogP contribution in [0.2, 0.25) is 0 Å². The predicted molar refractivity (Wildman–Crippen MR) is 68.2 cm³/mol. The number of hydrogen-bond donors (Lipinski definition) is 1. The van der Waals surface area contributed by atoms with Crippen LogP contribution in [0.3, 0.4) is 0 Å². The highest BCUT2D eigenvalue weighted by molar-refractivity contribution is 5.11. The normalized spacial score (nSPS) is 20.9. The third kappa shape index (κ3) is 5.53. The van der Waals surface area contributed by atoms with E-state index in [1.807, 2.05) is 6.92 Å². The first kappa shape index (κ1) is 13.5. The zero-order valence-electron chi connectivity index (χ0n) is 10.8. The van der Waals surface area contributed by atoms with E-state index < -0.39 is 5.60 Å². The molecule has 1 rings (SSSR count). The predicted octanol–water partition coefficient (Wildman–Crippen LogP) is 2.42. The van der Waals surface area contributed by atoms with Crippen molar-refractivity contribution in [2.45, 2.75) is 58.0 Å². The van der Waals surface area contributed by atoms with Gasteiger partial charge in [-0.15, -0.1) is 5.92 Å². The first-order valence-electron chi connectivity index (χ1n) is 6.59. The highest BCUT2D eigenvalue weighted by atomic mass is 16.3. The number of rotatable bonds is 4. The Hall–Kier alpha value is -0.520. The van der Waals surface area contributed by atoms with Gasteiger partial charge in [0.2, 0.25) is 0 Å². The van der Waals surface area contributed by atoms with Gasteiger partial charge in [0.25, 0.3) is 0 Å². The van der Waals surface area contributed by atoms with E-state index in [1.165, 1.54) is 38.9 Å². The lowest BCUT2D eigenvalue weighted by molar-refractivity contribution is 0.118. The monoisotopic (exact) mass is 223 g/mol. The molecule has 92 valence electrons. The van der Waals surface area contributed by atoms with Gasteiger partial charge in [-0.3, -0.25) is 0 Å². The van der Waals surface area contributed by atoms with Crippen LogP contribution in [0, 0.1) is 11.8 Å². The van der Waals surface area contributed by atoms with Crippen molar-refractivity contribution in [2.24, 2.45) is 0 Å². The fourth-order valence-electron chi connectivity index (χ4n) is 1.92. The van der Waals surface area contributed by atoms with Gasteiger partial charge in [0.15, 0.2) is 0 Å². The minimum absolute atomic E-state index is 0.701. The number of aliphatic hydroxyl groups is 1. The summed E-state index contributed by atoms with van der Waals surface area (Å²) in [5.41, 5.74) is -0.787. The molecule has 0 aromatic rings. The Balaban J connectivity index is 2.11. The second-order valence-corrected chi connectivity index (χ2v) is 4.94. The molecule has 0 aliphatic carbocycles. The van der Waals surface area contributed by atoms with Crippen molar-refractivity contribution >= 4 is 0 Å². The van der Waals surface area contributed by atoms with Gasteiger partial charge in [0.05, 0.1) is 0 Å². The summed E-state index contributed by atoms with van der Waals surface area (Å²) >= 11 is 0. The van der Waals surface area contributed by atoms with Gasteiger partial charge in [0, 0.05) is 6.42 Å². The Bertz CT molecular complexity index is 243. The standard InChI is InChI=1S/C14H25NO/c1-3-14(2,16)10-6-4-7-11-15-12-8-5-9-13-15/h16H,3-5,7-9,11-13H2,1-2H3. The van der Waals surface area contributed by atoms with E-state index in [1.54, 1.807) is 6.92 Å². The zero-order chi connectivity index (χ0) is 11.9. The lowest BCUT2D eigenvalue weighted by Gasteiger charge is -2.25. The highest BCUT2D eigenvalue weighted by Crippen LogP contribution is 2.09. The number of unbranched alkanes of at least 4 members (excludes halogenated alkanes) is 1. The fraction of sp³-hybridized carbons (Fsp3) is 0.857. The Morgan fingerprint density at radius 3 is 2.56 bits per heavy atom. The van der Waals surface area contributed by atoms with Gasteiger partial charge < -0.3 is 10.0 Å². The van der Waals surface area contributed by atoms with Gasteiger partial charge in [0.1, 0.15) is 5.60 Å².